The van der Waals surface area contributed by atoms with Crippen molar-refractivity contribution in [2.75, 3.05) is 26.3 Å². The van der Waals surface area contributed by atoms with Crippen LogP contribution in [0.5, 0.6) is 0 Å². The van der Waals surface area contributed by atoms with Crippen LogP contribution < -0.4 is 5.32 Å². The van der Waals surface area contributed by atoms with Gasteiger partial charge in [-0.1, -0.05) is 29.8 Å². The van der Waals surface area contributed by atoms with E-state index >= 15 is 0 Å². The van der Waals surface area contributed by atoms with Crippen LogP contribution in [-0.4, -0.2) is 60.1 Å². The van der Waals surface area contributed by atoms with Crippen LogP contribution in [0.15, 0.2) is 30.3 Å². The Morgan fingerprint density at radius 1 is 1.23 bits per heavy atom. The van der Waals surface area contributed by atoms with Gasteiger partial charge in [0.15, 0.2) is 0 Å². The van der Waals surface area contributed by atoms with E-state index in [0.717, 1.165) is 11.1 Å². The zero-order valence-corrected chi connectivity index (χ0v) is 14.8. The van der Waals surface area contributed by atoms with E-state index < -0.39 is 17.9 Å². The molecule has 0 radical (unpaired) electrons. The fraction of sp³-hybridized carbons (Fsp3) is 0.421. The van der Waals surface area contributed by atoms with E-state index in [1.165, 1.54) is 6.08 Å². The zero-order valence-electron chi connectivity index (χ0n) is 14.8. The standard InChI is InChI=1S/C19H24N2O5/c1-14-2-4-15(5-3-14)6-8-17(22)20-16(19(24)25)7-9-18(23)21-10-12-26-13-11-21/h2-6,8,16H,7,9-13H2,1H3,(H,20,22)(H,24,25). The first-order valence-corrected chi connectivity index (χ1v) is 8.59. The Bertz CT molecular complexity index is 663. The van der Waals surface area contributed by atoms with Gasteiger partial charge in [-0.15, -0.1) is 0 Å². The van der Waals surface area contributed by atoms with Gasteiger partial charge in [0.1, 0.15) is 6.04 Å². The average molecular weight is 360 g/mol. The minimum atomic E-state index is -1.16. The quantitative estimate of drug-likeness (QED) is 0.713. The number of aliphatic carboxylic acids is 1. The number of nitrogens with zero attached hydrogens (tertiary/aromatic N) is 1. The Hall–Kier alpha value is -2.67. The molecule has 0 saturated carbocycles. The number of morpholine rings is 1. The third kappa shape index (κ3) is 6.33. The maximum atomic E-state index is 12.1. The summed E-state index contributed by atoms with van der Waals surface area (Å²) in [4.78, 5) is 37.1. The van der Waals surface area contributed by atoms with Crippen molar-refractivity contribution in [3.63, 3.8) is 0 Å². The van der Waals surface area contributed by atoms with Gasteiger partial charge in [0, 0.05) is 25.6 Å². The molecular weight excluding hydrogens is 336 g/mol. The van der Waals surface area contributed by atoms with Crippen LogP contribution in [0.1, 0.15) is 24.0 Å². The summed E-state index contributed by atoms with van der Waals surface area (Å²) in [7, 11) is 0. The first-order valence-electron chi connectivity index (χ1n) is 8.59. The van der Waals surface area contributed by atoms with E-state index in [1.54, 1.807) is 11.0 Å². The summed E-state index contributed by atoms with van der Waals surface area (Å²) in [6.07, 6.45) is 3.03. The van der Waals surface area contributed by atoms with Crippen molar-refractivity contribution in [2.45, 2.75) is 25.8 Å². The van der Waals surface area contributed by atoms with Crippen molar-refractivity contribution >= 4 is 23.9 Å². The van der Waals surface area contributed by atoms with Crippen molar-refractivity contribution in [3.8, 4) is 0 Å². The summed E-state index contributed by atoms with van der Waals surface area (Å²) in [5.41, 5.74) is 1.96. The molecule has 1 atom stereocenters. The van der Waals surface area contributed by atoms with Crippen LogP contribution in [-0.2, 0) is 19.1 Å². The second-order valence-corrected chi connectivity index (χ2v) is 6.18. The lowest BCUT2D eigenvalue weighted by Gasteiger charge is -2.27. The molecule has 1 saturated heterocycles. The van der Waals surface area contributed by atoms with Gasteiger partial charge < -0.3 is 20.1 Å². The molecule has 2 rings (SSSR count). The second-order valence-electron chi connectivity index (χ2n) is 6.18. The Morgan fingerprint density at radius 3 is 2.50 bits per heavy atom. The number of hydrogen-bond donors (Lipinski definition) is 2. The third-order valence-corrected chi connectivity index (χ3v) is 4.13. The van der Waals surface area contributed by atoms with Crippen LogP contribution in [0.3, 0.4) is 0 Å². The van der Waals surface area contributed by atoms with Crippen LogP contribution >= 0.6 is 0 Å². The summed E-state index contributed by atoms with van der Waals surface area (Å²) < 4.78 is 5.18. The highest BCUT2D eigenvalue weighted by Gasteiger charge is 2.23. The highest BCUT2D eigenvalue weighted by Crippen LogP contribution is 2.07. The number of carboxylic acid groups (broad SMARTS) is 1. The molecule has 140 valence electrons. The molecule has 1 unspecified atom stereocenters. The number of carboxylic acids is 1. The number of aryl methyl sites for hydroxylation is 1. The fourth-order valence-corrected chi connectivity index (χ4v) is 2.57. The third-order valence-electron chi connectivity index (χ3n) is 4.13. The molecule has 1 aromatic carbocycles. The molecule has 0 aromatic heterocycles. The SMILES string of the molecule is Cc1ccc(C=CC(=O)NC(CCC(=O)N2CCOCC2)C(=O)O)cc1. The number of carbonyl (C=O) groups excluding carboxylic acids is 2. The molecule has 1 fully saturated rings. The first kappa shape index (κ1) is 19.7. The van der Waals surface area contributed by atoms with E-state index in [-0.39, 0.29) is 18.7 Å². The Balaban J connectivity index is 1.84. The Kier molecular flexibility index (Phi) is 7.35. The van der Waals surface area contributed by atoms with Crippen LogP contribution in [0.25, 0.3) is 6.08 Å². The first-order chi connectivity index (χ1) is 12.5. The summed E-state index contributed by atoms with van der Waals surface area (Å²) >= 11 is 0. The van der Waals surface area contributed by atoms with Gasteiger partial charge in [0.25, 0.3) is 0 Å². The lowest BCUT2D eigenvalue weighted by atomic mass is 10.1. The summed E-state index contributed by atoms with van der Waals surface area (Å²) in [5, 5.41) is 11.7. The van der Waals surface area contributed by atoms with Gasteiger partial charge in [-0.25, -0.2) is 4.79 Å². The lowest BCUT2D eigenvalue weighted by Crippen LogP contribution is -2.43. The molecule has 1 aliphatic rings. The average Bonchev–Trinajstić information content (AvgIpc) is 2.64. The predicted molar refractivity (Wildman–Crippen MR) is 96.4 cm³/mol. The predicted octanol–water partition coefficient (Wildman–Crippen LogP) is 1.22. The van der Waals surface area contributed by atoms with Crippen molar-refractivity contribution in [1.82, 2.24) is 10.2 Å². The van der Waals surface area contributed by atoms with Crippen molar-refractivity contribution in [2.24, 2.45) is 0 Å². The van der Waals surface area contributed by atoms with Gasteiger partial charge in [-0.05, 0) is 25.0 Å². The summed E-state index contributed by atoms with van der Waals surface area (Å²) in [6.45, 7) is 3.99. The number of amides is 2. The van der Waals surface area contributed by atoms with Crippen molar-refractivity contribution in [1.29, 1.82) is 0 Å². The molecule has 2 N–H and O–H groups in total. The van der Waals surface area contributed by atoms with Crippen molar-refractivity contribution in [3.05, 3.63) is 41.5 Å². The molecule has 1 heterocycles. The van der Waals surface area contributed by atoms with E-state index in [1.807, 2.05) is 31.2 Å². The van der Waals surface area contributed by atoms with E-state index in [2.05, 4.69) is 5.32 Å². The van der Waals surface area contributed by atoms with E-state index in [9.17, 15) is 19.5 Å². The van der Waals surface area contributed by atoms with Gasteiger partial charge in [-0.2, -0.15) is 0 Å². The highest BCUT2D eigenvalue weighted by atomic mass is 16.5. The maximum Gasteiger partial charge on any atom is 0.326 e. The Labute approximate surface area is 152 Å². The summed E-state index contributed by atoms with van der Waals surface area (Å²) in [5.74, 6) is -1.78. The lowest BCUT2D eigenvalue weighted by molar-refractivity contribution is -0.142. The van der Waals surface area contributed by atoms with Crippen molar-refractivity contribution < 1.29 is 24.2 Å². The molecule has 7 nitrogen and oxygen atoms in total. The molecule has 1 aliphatic heterocycles. The molecule has 0 bridgehead atoms. The number of rotatable bonds is 7. The molecule has 7 heteroatoms. The fourth-order valence-electron chi connectivity index (χ4n) is 2.57. The van der Waals surface area contributed by atoms with E-state index in [0.29, 0.717) is 26.3 Å². The molecular formula is C19H24N2O5. The molecule has 1 aromatic rings. The largest absolute Gasteiger partial charge is 0.480 e. The minimum absolute atomic E-state index is 0.0512. The number of nitrogens with one attached hydrogen (secondary N) is 1. The van der Waals surface area contributed by atoms with Crippen LogP contribution in [0.4, 0.5) is 0 Å². The smallest absolute Gasteiger partial charge is 0.326 e. The van der Waals surface area contributed by atoms with E-state index in [4.69, 9.17) is 4.74 Å². The second kappa shape index (κ2) is 9.72. The highest BCUT2D eigenvalue weighted by molar-refractivity contribution is 5.94. The maximum absolute atomic E-state index is 12.1. The minimum Gasteiger partial charge on any atom is -0.480 e. The summed E-state index contributed by atoms with van der Waals surface area (Å²) in [6, 6.07) is 6.49. The van der Waals surface area contributed by atoms with Gasteiger partial charge in [-0.3, -0.25) is 9.59 Å². The molecule has 0 spiro atoms. The zero-order chi connectivity index (χ0) is 18.9. The number of benzene rings is 1. The Morgan fingerprint density at radius 2 is 1.88 bits per heavy atom. The number of ether oxygens (including phenoxy) is 1. The van der Waals surface area contributed by atoms with Gasteiger partial charge in [0.05, 0.1) is 13.2 Å². The molecule has 26 heavy (non-hydrogen) atoms. The number of hydrogen-bond acceptors (Lipinski definition) is 4. The molecule has 0 aliphatic carbocycles. The van der Waals surface area contributed by atoms with Gasteiger partial charge in [0.2, 0.25) is 11.8 Å². The molecule has 2 amide bonds. The monoisotopic (exact) mass is 360 g/mol. The topological polar surface area (TPSA) is 95.9 Å². The van der Waals surface area contributed by atoms with Crippen LogP contribution in [0.2, 0.25) is 0 Å². The normalized spacial score (nSPS) is 15.7. The number of carbonyl (C=O) groups is 3. The van der Waals surface area contributed by atoms with Crippen LogP contribution in [0, 0.1) is 6.92 Å². The van der Waals surface area contributed by atoms with Gasteiger partial charge >= 0.3 is 5.97 Å².